The Kier molecular flexibility index (Phi) is 3.64. The first-order chi connectivity index (χ1) is 7.68. The maximum Gasteiger partial charge on any atom is 0.332 e. The van der Waals surface area contributed by atoms with Gasteiger partial charge in [-0.2, -0.15) is 0 Å². The molecule has 3 nitrogen and oxygen atoms in total. The zero-order valence-electron chi connectivity index (χ0n) is 10.0. The molecule has 0 aromatic carbocycles. The molecule has 1 saturated carbocycles. The molecule has 0 saturated heterocycles. The third-order valence-electron chi connectivity index (χ3n) is 3.93. The average Bonchev–Trinajstić information content (AvgIpc) is 2.30. The fourth-order valence-electron chi connectivity index (χ4n) is 3.02. The van der Waals surface area contributed by atoms with Crippen LogP contribution in [-0.2, 0) is 4.79 Å². The zero-order chi connectivity index (χ0) is 11.5. The number of hydrogen-bond acceptors (Lipinski definition) is 2. The van der Waals surface area contributed by atoms with Crippen molar-refractivity contribution in [3.05, 3.63) is 11.1 Å². The highest BCUT2D eigenvalue weighted by molar-refractivity contribution is 5.88. The van der Waals surface area contributed by atoms with Gasteiger partial charge in [0, 0.05) is 13.1 Å². The lowest BCUT2D eigenvalue weighted by atomic mass is 9.79. The summed E-state index contributed by atoms with van der Waals surface area (Å²) in [6, 6.07) is 0. The molecule has 0 spiro atoms. The summed E-state index contributed by atoms with van der Waals surface area (Å²) in [5, 5.41) is 9.27. The van der Waals surface area contributed by atoms with Gasteiger partial charge >= 0.3 is 5.97 Å². The summed E-state index contributed by atoms with van der Waals surface area (Å²) in [4.78, 5) is 13.4. The van der Waals surface area contributed by atoms with Gasteiger partial charge in [-0.15, -0.1) is 0 Å². The average molecular weight is 223 g/mol. The number of likely N-dealkylation sites (N-methyl/N-ethyl adjacent to an activating group) is 1. The Morgan fingerprint density at radius 3 is 2.62 bits per heavy atom. The molecular weight excluding hydrogens is 202 g/mol. The van der Waals surface area contributed by atoms with E-state index in [0.29, 0.717) is 18.0 Å². The number of nitrogens with zero attached hydrogens (tertiary/aromatic N) is 1. The molecule has 1 aliphatic heterocycles. The summed E-state index contributed by atoms with van der Waals surface area (Å²) in [6.07, 6.45) is 7.24. The van der Waals surface area contributed by atoms with Gasteiger partial charge < -0.3 is 10.0 Å². The predicted octanol–water partition coefficient (Wildman–Crippen LogP) is 2.28. The Balaban J connectivity index is 2.19. The van der Waals surface area contributed by atoms with Crippen LogP contribution in [0.3, 0.4) is 0 Å². The minimum Gasteiger partial charge on any atom is -0.478 e. The van der Waals surface area contributed by atoms with Crippen LogP contribution in [0.2, 0.25) is 0 Å². The molecule has 0 unspecified atom stereocenters. The summed E-state index contributed by atoms with van der Waals surface area (Å²) in [5.74, 6) is -0.138. The van der Waals surface area contributed by atoms with Crippen LogP contribution in [-0.4, -0.2) is 36.1 Å². The van der Waals surface area contributed by atoms with Crippen molar-refractivity contribution in [2.45, 2.75) is 38.5 Å². The first-order valence-electron chi connectivity index (χ1n) is 6.32. The van der Waals surface area contributed by atoms with Crippen molar-refractivity contribution < 1.29 is 9.90 Å². The number of rotatable bonds is 2. The third kappa shape index (κ3) is 2.46. The Bertz CT molecular complexity index is 303. The van der Waals surface area contributed by atoms with Crippen molar-refractivity contribution in [2.75, 3.05) is 20.1 Å². The number of hydrogen-bond donors (Lipinski definition) is 1. The van der Waals surface area contributed by atoms with E-state index in [1.54, 1.807) is 0 Å². The number of carboxylic acids is 1. The van der Waals surface area contributed by atoms with Crippen molar-refractivity contribution in [3.8, 4) is 0 Å². The Morgan fingerprint density at radius 1 is 1.31 bits per heavy atom. The lowest BCUT2D eigenvalue weighted by molar-refractivity contribution is -0.133. The van der Waals surface area contributed by atoms with Crippen LogP contribution in [0.15, 0.2) is 11.1 Å². The molecule has 0 aromatic rings. The summed E-state index contributed by atoms with van der Waals surface area (Å²) < 4.78 is 0. The molecule has 2 rings (SSSR count). The van der Waals surface area contributed by atoms with E-state index < -0.39 is 5.97 Å². The summed E-state index contributed by atoms with van der Waals surface area (Å²) in [5.41, 5.74) is 1.94. The maximum absolute atomic E-state index is 11.3. The van der Waals surface area contributed by atoms with Crippen molar-refractivity contribution in [1.82, 2.24) is 4.90 Å². The van der Waals surface area contributed by atoms with Gasteiger partial charge in [0.05, 0.1) is 5.57 Å². The van der Waals surface area contributed by atoms with Crippen LogP contribution in [0.1, 0.15) is 38.5 Å². The van der Waals surface area contributed by atoms with Gasteiger partial charge in [-0.25, -0.2) is 4.79 Å². The normalized spacial score (nSPS) is 24.8. The number of carbonyl (C=O) groups is 1. The van der Waals surface area contributed by atoms with Crippen molar-refractivity contribution >= 4 is 5.97 Å². The van der Waals surface area contributed by atoms with Gasteiger partial charge in [0.2, 0.25) is 0 Å². The number of aliphatic carboxylic acids is 1. The molecule has 1 aliphatic carbocycles. The SMILES string of the molecule is CN1CCC(C2CCCCC2)=C(C(=O)O)C1. The topological polar surface area (TPSA) is 40.5 Å². The highest BCUT2D eigenvalue weighted by Gasteiger charge is 2.27. The molecular formula is C13H21NO2. The Labute approximate surface area is 97.1 Å². The standard InChI is InChI=1S/C13H21NO2/c1-14-8-7-11(12(9-14)13(15)16)10-5-3-2-4-6-10/h10H,2-9H2,1H3,(H,15,16). The molecule has 16 heavy (non-hydrogen) atoms. The molecule has 0 amide bonds. The minimum absolute atomic E-state index is 0.563. The third-order valence-corrected chi connectivity index (χ3v) is 3.93. The highest BCUT2D eigenvalue weighted by Crippen LogP contribution is 2.34. The summed E-state index contributed by atoms with van der Waals surface area (Å²) in [7, 11) is 2.00. The molecule has 1 N–H and O–H groups in total. The van der Waals surface area contributed by atoms with Gasteiger partial charge in [0.25, 0.3) is 0 Å². The van der Waals surface area contributed by atoms with E-state index in [4.69, 9.17) is 0 Å². The second kappa shape index (κ2) is 5.00. The van der Waals surface area contributed by atoms with E-state index in [2.05, 4.69) is 4.90 Å². The molecule has 1 heterocycles. The van der Waals surface area contributed by atoms with Gasteiger partial charge in [-0.3, -0.25) is 0 Å². The number of carboxylic acid groups (broad SMARTS) is 1. The fourth-order valence-corrected chi connectivity index (χ4v) is 3.02. The van der Waals surface area contributed by atoms with Crippen LogP contribution in [0.5, 0.6) is 0 Å². The van der Waals surface area contributed by atoms with E-state index in [1.807, 2.05) is 7.05 Å². The second-order valence-electron chi connectivity index (χ2n) is 5.13. The molecule has 0 radical (unpaired) electrons. The molecule has 0 bridgehead atoms. The maximum atomic E-state index is 11.3. The molecule has 90 valence electrons. The Morgan fingerprint density at radius 2 is 2.00 bits per heavy atom. The zero-order valence-corrected chi connectivity index (χ0v) is 10.0. The highest BCUT2D eigenvalue weighted by atomic mass is 16.4. The lowest BCUT2D eigenvalue weighted by Gasteiger charge is -2.32. The van der Waals surface area contributed by atoms with E-state index in [-0.39, 0.29) is 0 Å². The minimum atomic E-state index is -0.702. The monoisotopic (exact) mass is 223 g/mol. The van der Waals surface area contributed by atoms with Gasteiger partial charge in [-0.1, -0.05) is 24.8 Å². The summed E-state index contributed by atoms with van der Waals surface area (Å²) >= 11 is 0. The van der Waals surface area contributed by atoms with Gasteiger partial charge in [0.15, 0.2) is 0 Å². The van der Waals surface area contributed by atoms with Crippen LogP contribution >= 0.6 is 0 Å². The van der Waals surface area contributed by atoms with Crippen LogP contribution in [0.4, 0.5) is 0 Å². The lowest BCUT2D eigenvalue weighted by Crippen LogP contribution is -2.33. The molecule has 0 aromatic heterocycles. The first-order valence-corrected chi connectivity index (χ1v) is 6.32. The molecule has 0 atom stereocenters. The van der Waals surface area contributed by atoms with E-state index in [1.165, 1.54) is 37.7 Å². The van der Waals surface area contributed by atoms with Crippen molar-refractivity contribution in [2.24, 2.45) is 5.92 Å². The van der Waals surface area contributed by atoms with E-state index in [9.17, 15) is 9.90 Å². The predicted molar refractivity (Wildman–Crippen MR) is 63.4 cm³/mol. The van der Waals surface area contributed by atoms with Crippen LogP contribution in [0, 0.1) is 5.92 Å². The second-order valence-corrected chi connectivity index (χ2v) is 5.13. The van der Waals surface area contributed by atoms with Crippen LogP contribution < -0.4 is 0 Å². The van der Waals surface area contributed by atoms with E-state index >= 15 is 0 Å². The van der Waals surface area contributed by atoms with Crippen molar-refractivity contribution in [1.29, 1.82) is 0 Å². The molecule has 1 fully saturated rings. The smallest absolute Gasteiger partial charge is 0.332 e. The largest absolute Gasteiger partial charge is 0.478 e. The van der Waals surface area contributed by atoms with E-state index in [0.717, 1.165) is 13.0 Å². The summed E-state index contributed by atoms with van der Waals surface area (Å²) in [6.45, 7) is 1.64. The first kappa shape index (κ1) is 11.6. The van der Waals surface area contributed by atoms with Crippen molar-refractivity contribution in [3.63, 3.8) is 0 Å². The van der Waals surface area contributed by atoms with Gasteiger partial charge in [0.1, 0.15) is 0 Å². The quantitative estimate of drug-likeness (QED) is 0.780. The van der Waals surface area contributed by atoms with Crippen LogP contribution in [0.25, 0.3) is 0 Å². The Hall–Kier alpha value is -0.830. The molecule has 2 aliphatic rings. The van der Waals surface area contributed by atoms with Gasteiger partial charge in [-0.05, 0) is 32.2 Å². The fraction of sp³-hybridized carbons (Fsp3) is 0.769. The molecule has 3 heteroatoms.